The van der Waals surface area contributed by atoms with Crippen LogP contribution >= 0.6 is 0 Å². The summed E-state index contributed by atoms with van der Waals surface area (Å²) in [4.78, 5) is 0. The Kier molecular flexibility index (Phi) is 3.05. The van der Waals surface area contributed by atoms with Crippen LogP contribution in [0.15, 0.2) is 0 Å². The maximum atomic E-state index is 1.58. The van der Waals surface area contributed by atoms with Gasteiger partial charge in [0.15, 0.2) is 0 Å². The molecule has 1 heteroatoms. The van der Waals surface area contributed by atoms with Crippen LogP contribution < -0.4 is 51.4 Å². The Balaban J connectivity index is 0.000000320. The van der Waals surface area contributed by atoms with Crippen molar-refractivity contribution in [2.75, 3.05) is 0 Å². The van der Waals surface area contributed by atoms with Gasteiger partial charge in [0.2, 0.25) is 0 Å². The molecule has 0 aromatic carbocycles. The third-order valence-electron chi connectivity index (χ3n) is 2.63. The van der Waals surface area contributed by atoms with Crippen molar-refractivity contribution in [2.24, 2.45) is 11.8 Å². The standard InChI is InChI=1S/C7H12.K.H/c1-2-7-4-3-6(1)5-7;;/h6-7H,1-5H2;;/q;+1;-1. The topological polar surface area (TPSA) is 0 Å². The summed E-state index contributed by atoms with van der Waals surface area (Å²) in [6.07, 6.45) is 7.82. The second kappa shape index (κ2) is 3.15. The number of rotatable bonds is 0. The minimum Gasteiger partial charge on any atom is -1.00 e. The first-order chi connectivity index (χ1) is 3.45. The van der Waals surface area contributed by atoms with Gasteiger partial charge in [-0.25, -0.2) is 0 Å². The van der Waals surface area contributed by atoms with Gasteiger partial charge in [0.25, 0.3) is 0 Å². The summed E-state index contributed by atoms with van der Waals surface area (Å²) in [5.74, 6) is 2.34. The summed E-state index contributed by atoms with van der Waals surface area (Å²) in [7, 11) is 0. The van der Waals surface area contributed by atoms with Crippen molar-refractivity contribution in [1.82, 2.24) is 0 Å². The van der Waals surface area contributed by atoms with E-state index in [2.05, 4.69) is 0 Å². The second-order valence-corrected chi connectivity index (χ2v) is 3.12. The van der Waals surface area contributed by atoms with Crippen LogP contribution in [0.1, 0.15) is 33.5 Å². The Bertz CT molecular complexity index is 67.0. The maximum Gasteiger partial charge on any atom is 1.00 e. The fourth-order valence-corrected chi connectivity index (χ4v) is 2.17. The van der Waals surface area contributed by atoms with E-state index in [1.165, 1.54) is 11.8 Å². The monoisotopic (exact) mass is 136 g/mol. The zero-order valence-electron chi connectivity index (χ0n) is 6.69. The molecule has 0 aromatic rings. The molecule has 2 aliphatic rings. The molecule has 2 bridgehead atoms. The van der Waals surface area contributed by atoms with Crippen LogP contribution in [-0.4, -0.2) is 0 Å². The molecule has 2 rings (SSSR count). The van der Waals surface area contributed by atoms with E-state index >= 15 is 0 Å². The van der Waals surface area contributed by atoms with E-state index < -0.39 is 0 Å². The zero-order valence-corrected chi connectivity index (χ0v) is 8.81. The van der Waals surface area contributed by atoms with Gasteiger partial charge in [-0.3, -0.25) is 0 Å². The zero-order chi connectivity index (χ0) is 4.69. The van der Waals surface area contributed by atoms with Gasteiger partial charge >= 0.3 is 51.4 Å². The van der Waals surface area contributed by atoms with E-state index in [0.29, 0.717) is 0 Å². The molecule has 0 radical (unpaired) electrons. The van der Waals surface area contributed by atoms with E-state index in [-0.39, 0.29) is 52.8 Å². The molecule has 0 nitrogen and oxygen atoms in total. The molecular formula is C7H13K. The van der Waals surface area contributed by atoms with Gasteiger partial charge in [-0.05, 0) is 18.3 Å². The molecule has 2 saturated carbocycles. The van der Waals surface area contributed by atoms with E-state index in [4.69, 9.17) is 0 Å². The molecule has 0 spiro atoms. The van der Waals surface area contributed by atoms with E-state index in [1.807, 2.05) is 0 Å². The Morgan fingerprint density at radius 3 is 1.38 bits per heavy atom. The van der Waals surface area contributed by atoms with Gasteiger partial charge < -0.3 is 1.43 Å². The molecule has 0 amide bonds. The van der Waals surface area contributed by atoms with Crippen molar-refractivity contribution < 1.29 is 52.8 Å². The Hall–Kier alpha value is 1.64. The first kappa shape index (κ1) is 7.74. The third kappa shape index (κ3) is 1.38. The fourth-order valence-electron chi connectivity index (χ4n) is 2.17. The molecule has 0 aliphatic heterocycles. The predicted octanol–water partition coefficient (Wildman–Crippen LogP) is -0.687. The number of fused-ring (bicyclic) bond motifs is 2. The molecule has 2 fully saturated rings. The summed E-state index contributed by atoms with van der Waals surface area (Å²) in [5, 5.41) is 0. The Morgan fingerprint density at radius 1 is 0.875 bits per heavy atom. The summed E-state index contributed by atoms with van der Waals surface area (Å²) in [6, 6.07) is 0. The van der Waals surface area contributed by atoms with E-state index in [0.717, 1.165) is 0 Å². The van der Waals surface area contributed by atoms with Crippen LogP contribution in [0.5, 0.6) is 0 Å². The summed E-state index contributed by atoms with van der Waals surface area (Å²) < 4.78 is 0. The predicted molar refractivity (Wildman–Crippen MR) is 31.2 cm³/mol. The average Bonchev–Trinajstić information content (AvgIpc) is 2.22. The molecule has 0 N–H and O–H groups in total. The van der Waals surface area contributed by atoms with Gasteiger partial charge in [0.05, 0.1) is 0 Å². The molecule has 0 saturated heterocycles. The minimum atomic E-state index is 0. The maximum absolute atomic E-state index is 1.58. The summed E-state index contributed by atoms with van der Waals surface area (Å²) in [6.45, 7) is 0. The smallest absolute Gasteiger partial charge is 1.00 e. The normalized spacial score (nSPS) is 42.0. The molecule has 42 valence electrons. The second-order valence-electron chi connectivity index (χ2n) is 3.12. The van der Waals surface area contributed by atoms with Gasteiger partial charge in [0.1, 0.15) is 0 Å². The summed E-state index contributed by atoms with van der Waals surface area (Å²) in [5.41, 5.74) is 0. The third-order valence-corrected chi connectivity index (χ3v) is 2.63. The largest absolute Gasteiger partial charge is 1.00 e. The average molecular weight is 136 g/mol. The first-order valence-electron chi connectivity index (χ1n) is 3.45. The first-order valence-corrected chi connectivity index (χ1v) is 3.45. The molecule has 8 heavy (non-hydrogen) atoms. The van der Waals surface area contributed by atoms with Crippen molar-refractivity contribution in [3.63, 3.8) is 0 Å². The van der Waals surface area contributed by atoms with Crippen molar-refractivity contribution in [2.45, 2.75) is 32.1 Å². The van der Waals surface area contributed by atoms with E-state index in [1.54, 1.807) is 32.1 Å². The molecule has 0 unspecified atom stereocenters. The van der Waals surface area contributed by atoms with Crippen LogP contribution in [-0.2, 0) is 0 Å². The molecule has 0 aromatic heterocycles. The molecular weight excluding hydrogens is 123 g/mol. The summed E-state index contributed by atoms with van der Waals surface area (Å²) >= 11 is 0. The van der Waals surface area contributed by atoms with Crippen LogP contribution in [0.4, 0.5) is 0 Å². The van der Waals surface area contributed by atoms with Crippen molar-refractivity contribution in [1.29, 1.82) is 0 Å². The SMILES string of the molecule is C1CC2CCC1C2.[H-].[K+]. The fraction of sp³-hybridized carbons (Fsp3) is 1.00. The minimum absolute atomic E-state index is 0. The van der Waals surface area contributed by atoms with Crippen molar-refractivity contribution in [3.05, 3.63) is 0 Å². The van der Waals surface area contributed by atoms with Gasteiger partial charge in [0, 0.05) is 0 Å². The molecule has 0 atom stereocenters. The Morgan fingerprint density at radius 2 is 1.25 bits per heavy atom. The molecule has 2 aliphatic carbocycles. The van der Waals surface area contributed by atoms with Crippen molar-refractivity contribution in [3.8, 4) is 0 Å². The van der Waals surface area contributed by atoms with Gasteiger partial charge in [-0.15, -0.1) is 0 Å². The van der Waals surface area contributed by atoms with Crippen molar-refractivity contribution >= 4 is 0 Å². The van der Waals surface area contributed by atoms with Crippen LogP contribution in [0.2, 0.25) is 0 Å². The quantitative estimate of drug-likeness (QED) is 0.387. The number of hydrogen-bond acceptors (Lipinski definition) is 0. The number of hydrogen-bond donors (Lipinski definition) is 0. The van der Waals surface area contributed by atoms with Gasteiger partial charge in [-0.1, -0.05) is 25.7 Å². The van der Waals surface area contributed by atoms with Crippen LogP contribution in [0.3, 0.4) is 0 Å². The van der Waals surface area contributed by atoms with Gasteiger partial charge in [-0.2, -0.15) is 0 Å². The van der Waals surface area contributed by atoms with Crippen LogP contribution in [0, 0.1) is 11.8 Å². The Labute approximate surface area is 95.3 Å². The molecule has 0 heterocycles. The van der Waals surface area contributed by atoms with E-state index in [9.17, 15) is 0 Å². The van der Waals surface area contributed by atoms with Crippen LogP contribution in [0.25, 0.3) is 0 Å².